The van der Waals surface area contributed by atoms with Crippen molar-refractivity contribution in [3.63, 3.8) is 0 Å². The summed E-state index contributed by atoms with van der Waals surface area (Å²) in [5.41, 5.74) is 1.83. The predicted molar refractivity (Wildman–Crippen MR) is 120 cm³/mol. The highest BCUT2D eigenvalue weighted by Crippen LogP contribution is 2.30. The van der Waals surface area contributed by atoms with Gasteiger partial charge >= 0.3 is 0 Å². The number of ether oxygens (including phenoxy) is 1. The van der Waals surface area contributed by atoms with Crippen LogP contribution in [-0.4, -0.2) is 60.7 Å². The molecule has 0 aromatic heterocycles. The second-order valence-corrected chi connectivity index (χ2v) is 8.10. The summed E-state index contributed by atoms with van der Waals surface area (Å²) in [4.78, 5) is 27.5. The summed E-state index contributed by atoms with van der Waals surface area (Å²) in [5.74, 6) is 0.176. The standard InChI is InChI=1S/C24H31N3O4/c1-16-14-27(17(2)15-28)24(30)20-12-19(9-10-21(20)31-22(16)13-25-3)26-23(29)11-18-7-5-4-6-8-18/h4-10,12,16-17,22,25,28H,11,13-15H2,1-3H3,(H,26,29)/t16-,17-,22-/m0/s1. The molecule has 0 saturated heterocycles. The average Bonchev–Trinajstić information content (AvgIpc) is 2.76. The Hall–Kier alpha value is -2.90. The van der Waals surface area contributed by atoms with E-state index in [4.69, 9.17) is 4.74 Å². The molecule has 0 radical (unpaired) electrons. The highest BCUT2D eigenvalue weighted by atomic mass is 16.5. The first-order valence-electron chi connectivity index (χ1n) is 10.6. The Balaban J connectivity index is 1.87. The quantitative estimate of drug-likeness (QED) is 0.633. The number of rotatable bonds is 7. The van der Waals surface area contributed by atoms with Crippen molar-refractivity contribution in [1.82, 2.24) is 10.2 Å². The molecule has 1 aliphatic rings. The van der Waals surface area contributed by atoms with Crippen molar-refractivity contribution in [2.45, 2.75) is 32.4 Å². The van der Waals surface area contributed by atoms with Gasteiger partial charge in [-0.1, -0.05) is 37.3 Å². The maximum atomic E-state index is 13.3. The molecule has 3 rings (SSSR count). The number of nitrogens with zero attached hydrogens (tertiary/aromatic N) is 1. The molecule has 166 valence electrons. The van der Waals surface area contributed by atoms with Gasteiger partial charge in [0.1, 0.15) is 11.9 Å². The maximum Gasteiger partial charge on any atom is 0.258 e. The number of carbonyl (C=O) groups is 2. The van der Waals surface area contributed by atoms with Gasteiger partial charge in [-0.05, 0) is 37.7 Å². The third kappa shape index (κ3) is 5.62. The van der Waals surface area contributed by atoms with Crippen molar-refractivity contribution < 1.29 is 19.4 Å². The van der Waals surface area contributed by atoms with Gasteiger partial charge in [-0.15, -0.1) is 0 Å². The SMILES string of the molecule is CNC[C@@H]1Oc2ccc(NC(=O)Cc3ccccc3)cc2C(=O)N([C@@H](C)CO)C[C@@H]1C. The summed E-state index contributed by atoms with van der Waals surface area (Å²) in [5, 5.41) is 15.7. The second-order valence-electron chi connectivity index (χ2n) is 8.10. The van der Waals surface area contributed by atoms with Gasteiger partial charge in [0.05, 0.1) is 24.6 Å². The van der Waals surface area contributed by atoms with Crippen LogP contribution >= 0.6 is 0 Å². The molecule has 31 heavy (non-hydrogen) atoms. The number of hydrogen-bond donors (Lipinski definition) is 3. The smallest absolute Gasteiger partial charge is 0.258 e. The van der Waals surface area contributed by atoms with Gasteiger partial charge in [-0.25, -0.2) is 0 Å². The molecule has 1 heterocycles. The number of aliphatic hydroxyl groups excluding tert-OH is 1. The van der Waals surface area contributed by atoms with E-state index in [-0.39, 0.29) is 42.9 Å². The topological polar surface area (TPSA) is 90.9 Å². The molecule has 3 atom stereocenters. The van der Waals surface area contributed by atoms with Crippen LogP contribution < -0.4 is 15.4 Å². The minimum Gasteiger partial charge on any atom is -0.488 e. The summed E-state index contributed by atoms with van der Waals surface area (Å²) in [6, 6.07) is 14.3. The number of likely N-dealkylation sites (N-methyl/N-ethyl adjacent to an activating group) is 1. The van der Waals surface area contributed by atoms with Gasteiger partial charge < -0.3 is 25.4 Å². The van der Waals surface area contributed by atoms with E-state index in [0.717, 1.165) is 5.56 Å². The molecular weight excluding hydrogens is 394 g/mol. The predicted octanol–water partition coefficient (Wildman–Crippen LogP) is 2.31. The lowest BCUT2D eigenvalue weighted by molar-refractivity contribution is -0.115. The second kappa shape index (κ2) is 10.4. The Morgan fingerprint density at radius 2 is 2.00 bits per heavy atom. The molecule has 7 nitrogen and oxygen atoms in total. The number of anilines is 1. The fourth-order valence-electron chi connectivity index (χ4n) is 3.73. The van der Waals surface area contributed by atoms with E-state index in [1.54, 1.807) is 23.1 Å². The Labute approximate surface area is 183 Å². The van der Waals surface area contributed by atoms with Gasteiger partial charge in [0.25, 0.3) is 5.91 Å². The first-order chi connectivity index (χ1) is 14.9. The molecule has 0 aliphatic carbocycles. The van der Waals surface area contributed by atoms with Crippen molar-refractivity contribution >= 4 is 17.5 Å². The zero-order chi connectivity index (χ0) is 22.4. The van der Waals surface area contributed by atoms with Crippen molar-refractivity contribution in [2.75, 3.05) is 32.1 Å². The molecule has 2 amide bonds. The molecule has 0 fully saturated rings. The monoisotopic (exact) mass is 425 g/mol. The Kier molecular flexibility index (Phi) is 7.65. The number of nitrogens with one attached hydrogen (secondary N) is 2. The zero-order valence-electron chi connectivity index (χ0n) is 18.3. The lowest BCUT2D eigenvalue weighted by Gasteiger charge is -2.37. The van der Waals surface area contributed by atoms with E-state index in [9.17, 15) is 14.7 Å². The van der Waals surface area contributed by atoms with Crippen LogP contribution in [0.5, 0.6) is 5.75 Å². The largest absolute Gasteiger partial charge is 0.488 e. The van der Waals surface area contributed by atoms with E-state index in [1.807, 2.05) is 51.2 Å². The summed E-state index contributed by atoms with van der Waals surface area (Å²) >= 11 is 0. The van der Waals surface area contributed by atoms with Crippen LogP contribution in [0, 0.1) is 5.92 Å². The molecule has 0 saturated carbocycles. The van der Waals surface area contributed by atoms with Gasteiger partial charge in [0, 0.05) is 24.7 Å². The van der Waals surface area contributed by atoms with Gasteiger partial charge in [-0.2, -0.15) is 0 Å². The lowest BCUT2D eigenvalue weighted by Crippen LogP contribution is -2.49. The zero-order valence-corrected chi connectivity index (χ0v) is 18.3. The summed E-state index contributed by atoms with van der Waals surface area (Å²) in [6.45, 7) is 4.84. The van der Waals surface area contributed by atoms with Crippen LogP contribution in [0.2, 0.25) is 0 Å². The normalized spacial score (nSPS) is 19.6. The van der Waals surface area contributed by atoms with Crippen molar-refractivity contribution in [2.24, 2.45) is 5.92 Å². The van der Waals surface area contributed by atoms with E-state index in [1.165, 1.54) is 0 Å². The fourth-order valence-corrected chi connectivity index (χ4v) is 3.73. The van der Waals surface area contributed by atoms with Crippen LogP contribution in [0.4, 0.5) is 5.69 Å². The minimum absolute atomic E-state index is 0.0730. The molecule has 7 heteroatoms. The van der Waals surface area contributed by atoms with Crippen LogP contribution in [0.15, 0.2) is 48.5 Å². The molecular formula is C24H31N3O4. The summed E-state index contributed by atoms with van der Waals surface area (Å²) in [6.07, 6.45) is 0.112. The molecule has 0 spiro atoms. The van der Waals surface area contributed by atoms with Crippen LogP contribution in [0.1, 0.15) is 29.8 Å². The number of carbonyl (C=O) groups excluding carboxylic acids is 2. The van der Waals surface area contributed by atoms with E-state index < -0.39 is 0 Å². The van der Waals surface area contributed by atoms with Crippen molar-refractivity contribution in [1.29, 1.82) is 0 Å². The van der Waals surface area contributed by atoms with Crippen LogP contribution in [0.3, 0.4) is 0 Å². The highest BCUT2D eigenvalue weighted by molar-refractivity contribution is 6.00. The van der Waals surface area contributed by atoms with Crippen molar-refractivity contribution in [3.8, 4) is 5.75 Å². The van der Waals surface area contributed by atoms with Gasteiger partial charge in [0.2, 0.25) is 5.91 Å². The first kappa shape index (κ1) is 22.8. The number of benzene rings is 2. The molecule has 2 aromatic rings. The third-order valence-corrected chi connectivity index (χ3v) is 5.56. The number of fused-ring (bicyclic) bond motifs is 1. The highest BCUT2D eigenvalue weighted by Gasteiger charge is 2.32. The van der Waals surface area contributed by atoms with Crippen LogP contribution in [-0.2, 0) is 11.2 Å². The van der Waals surface area contributed by atoms with Crippen LogP contribution in [0.25, 0.3) is 0 Å². The van der Waals surface area contributed by atoms with Gasteiger partial charge in [-0.3, -0.25) is 9.59 Å². The molecule has 3 N–H and O–H groups in total. The Bertz CT molecular complexity index is 903. The molecule has 0 unspecified atom stereocenters. The minimum atomic E-state index is -0.326. The van der Waals surface area contributed by atoms with Crippen molar-refractivity contribution in [3.05, 3.63) is 59.7 Å². The number of aliphatic hydroxyl groups is 1. The van der Waals surface area contributed by atoms with E-state index in [2.05, 4.69) is 10.6 Å². The van der Waals surface area contributed by atoms with Gasteiger partial charge in [0.15, 0.2) is 0 Å². The maximum absolute atomic E-state index is 13.3. The molecule has 0 bridgehead atoms. The molecule has 2 aromatic carbocycles. The molecule has 1 aliphatic heterocycles. The summed E-state index contributed by atoms with van der Waals surface area (Å²) in [7, 11) is 1.86. The fraction of sp³-hybridized carbons (Fsp3) is 0.417. The Morgan fingerprint density at radius 1 is 1.26 bits per heavy atom. The summed E-state index contributed by atoms with van der Waals surface area (Å²) < 4.78 is 6.19. The number of hydrogen-bond acceptors (Lipinski definition) is 5. The number of amides is 2. The Morgan fingerprint density at radius 3 is 2.68 bits per heavy atom. The van der Waals surface area contributed by atoms with E-state index in [0.29, 0.717) is 30.1 Å². The lowest BCUT2D eigenvalue weighted by atomic mass is 9.99. The van der Waals surface area contributed by atoms with E-state index >= 15 is 0 Å². The third-order valence-electron chi connectivity index (χ3n) is 5.56. The first-order valence-corrected chi connectivity index (χ1v) is 10.6. The average molecular weight is 426 g/mol.